The van der Waals surface area contributed by atoms with Crippen molar-refractivity contribution in [3.05, 3.63) is 35.0 Å². The highest BCUT2D eigenvalue weighted by molar-refractivity contribution is 6.30. The molecule has 8 nitrogen and oxygen atoms in total. The molecule has 0 unspecified atom stereocenters. The quantitative estimate of drug-likeness (QED) is 0.698. The van der Waals surface area contributed by atoms with Crippen LogP contribution >= 0.6 is 11.6 Å². The largest absolute Gasteiger partial charge is 0.356 e. The zero-order chi connectivity index (χ0) is 18.3. The summed E-state index contributed by atoms with van der Waals surface area (Å²) >= 11 is 5.89. The van der Waals surface area contributed by atoms with Crippen LogP contribution in [-0.2, 0) is 0 Å². The predicted molar refractivity (Wildman–Crippen MR) is 101 cm³/mol. The summed E-state index contributed by atoms with van der Waals surface area (Å²) in [5.41, 5.74) is 2.14. The lowest BCUT2D eigenvalue weighted by Crippen LogP contribution is -2.45. The fraction of sp³-hybridized carbons (Fsp3) is 0.471. The molecule has 4 rings (SSSR count). The molecule has 0 aliphatic carbocycles. The minimum absolute atomic E-state index is 0.391. The molecule has 3 aromatic rings. The van der Waals surface area contributed by atoms with Gasteiger partial charge < -0.3 is 9.80 Å². The molecule has 0 spiro atoms. The average Bonchev–Trinajstić information content (AvgIpc) is 3.11. The molecule has 0 bridgehead atoms. The van der Waals surface area contributed by atoms with Crippen LogP contribution in [0.3, 0.4) is 0 Å². The summed E-state index contributed by atoms with van der Waals surface area (Å²) in [6.07, 6.45) is 6.86. The summed E-state index contributed by atoms with van der Waals surface area (Å²) in [4.78, 5) is 21.9. The number of aryl methyl sites for hydroxylation is 1. The molecule has 26 heavy (non-hydrogen) atoms. The van der Waals surface area contributed by atoms with Gasteiger partial charge in [0.05, 0.1) is 17.4 Å². The first-order chi connectivity index (χ1) is 12.5. The van der Waals surface area contributed by atoms with Crippen molar-refractivity contribution in [2.45, 2.75) is 32.7 Å². The smallest absolute Gasteiger partial charge is 0.254 e. The van der Waals surface area contributed by atoms with Gasteiger partial charge in [-0.3, -0.25) is 0 Å². The SMILES string of the molecule is Cc1nc2ncnn2c(N2CCC(N(C)c3ncc(Cl)cn3)CC2)c1C. The number of anilines is 2. The van der Waals surface area contributed by atoms with Crippen molar-refractivity contribution < 1.29 is 0 Å². The number of hydrogen-bond donors (Lipinski definition) is 0. The molecular weight excluding hydrogens is 352 g/mol. The van der Waals surface area contributed by atoms with Crippen molar-refractivity contribution in [3.8, 4) is 0 Å². The second-order valence-electron chi connectivity index (χ2n) is 6.65. The highest BCUT2D eigenvalue weighted by atomic mass is 35.5. The number of hydrogen-bond acceptors (Lipinski definition) is 7. The fourth-order valence-corrected chi connectivity index (χ4v) is 3.60. The maximum atomic E-state index is 5.89. The second kappa shape index (κ2) is 6.68. The molecule has 0 radical (unpaired) electrons. The summed E-state index contributed by atoms with van der Waals surface area (Å²) in [5.74, 6) is 2.45. The van der Waals surface area contributed by atoms with Crippen LogP contribution in [0.25, 0.3) is 5.78 Å². The Balaban J connectivity index is 1.53. The number of rotatable bonds is 3. The monoisotopic (exact) mass is 372 g/mol. The Hall–Kier alpha value is -2.48. The third-order valence-corrected chi connectivity index (χ3v) is 5.31. The summed E-state index contributed by atoms with van der Waals surface area (Å²) in [7, 11) is 2.04. The summed E-state index contributed by atoms with van der Waals surface area (Å²) in [6.45, 7) is 5.98. The number of nitrogens with zero attached hydrogens (tertiary/aromatic N) is 8. The number of halogens is 1. The number of aromatic nitrogens is 6. The van der Waals surface area contributed by atoms with E-state index in [0.29, 0.717) is 22.8 Å². The predicted octanol–water partition coefficient (Wildman–Crippen LogP) is 2.29. The van der Waals surface area contributed by atoms with E-state index in [1.807, 2.05) is 18.5 Å². The molecule has 1 aliphatic rings. The van der Waals surface area contributed by atoms with E-state index in [1.54, 1.807) is 18.7 Å². The Labute approximate surface area is 156 Å². The normalized spacial score (nSPS) is 15.6. The maximum absolute atomic E-state index is 5.89. The van der Waals surface area contributed by atoms with Crippen LogP contribution in [0.2, 0.25) is 5.02 Å². The van der Waals surface area contributed by atoms with Crippen LogP contribution in [0.1, 0.15) is 24.1 Å². The third-order valence-electron chi connectivity index (χ3n) is 5.11. The van der Waals surface area contributed by atoms with Crippen molar-refractivity contribution in [3.63, 3.8) is 0 Å². The molecule has 0 saturated carbocycles. The Morgan fingerprint density at radius 3 is 2.50 bits per heavy atom. The van der Waals surface area contributed by atoms with Gasteiger partial charge >= 0.3 is 0 Å². The minimum atomic E-state index is 0.391. The van der Waals surface area contributed by atoms with E-state index in [2.05, 4.69) is 41.8 Å². The summed E-state index contributed by atoms with van der Waals surface area (Å²) in [5, 5.41) is 4.92. The van der Waals surface area contributed by atoms with Crippen LogP contribution in [0.15, 0.2) is 18.7 Å². The van der Waals surface area contributed by atoms with E-state index in [9.17, 15) is 0 Å². The van der Waals surface area contributed by atoms with Gasteiger partial charge in [0.15, 0.2) is 0 Å². The standard InChI is InChI=1S/C17H21ClN8/c1-11-12(2)23-17-21-10-22-26(17)15(11)25-6-4-14(5-7-25)24(3)16-19-8-13(18)9-20-16/h8-10,14H,4-7H2,1-3H3. The Bertz CT molecular complexity index is 914. The van der Waals surface area contributed by atoms with E-state index in [0.717, 1.165) is 43.0 Å². The number of fused-ring (bicyclic) bond motifs is 1. The van der Waals surface area contributed by atoms with E-state index in [1.165, 1.54) is 0 Å². The first kappa shape index (κ1) is 17.0. The zero-order valence-electron chi connectivity index (χ0n) is 15.1. The number of piperidine rings is 1. The third kappa shape index (κ3) is 2.94. The topological polar surface area (TPSA) is 75.3 Å². The van der Waals surface area contributed by atoms with Gasteiger partial charge in [-0.2, -0.15) is 14.6 Å². The van der Waals surface area contributed by atoms with Gasteiger partial charge in [-0.15, -0.1) is 0 Å². The van der Waals surface area contributed by atoms with E-state index >= 15 is 0 Å². The molecule has 0 N–H and O–H groups in total. The van der Waals surface area contributed by atoms with Crippen LogP contribution < -0.4 is 9.80 Å². The molecule has 1 fully saturated rings. The van der Waals surface area contributed by atoms with Gasteiger partial charge in [0, 0.05) is 37.4 Å². The van der Waals surface area contributed by atoms with Crippen LogP contribution in [0, 0.1) is 13.8 Å². The van der Waals surface area contributed by atoms with E-state index in [4.69, 9.17) is 11.6 Å². The lowest BCUT2D eigenvalue weighted by atomic mass is 10.0. The molecule has 136 valence electrons. The molecule has 4 heterocycles. The molecule has 1 saturated heterocycles. The van der Waals surface area contributed by atoms with Crippen molar-refractivity contribution in [2.24, 2.45) is 0 Å². The van der Waals surface area contributed by atoms with Crippen molar-refractivity contribution >= 4 is 29.1 Å². The van der Waals surface area contributed by atoms with Gasteiger partial charge in [-0.1, -0.05) is 11.6 Å². The summed E-state index contributed by atoms with van der Waals surface area (Å²) in [6, 6.07) is 0.391. The molecule has 0 atom stereocenters. The molecule has 0 aromatic carbocycles. The van der Waals surface area contributed by atoms with Gasteiger partial charge in [0.2, 0.25) is 5.95 Å². The molecule has 3 aromatic heterocycles. The first-order valence-corrected chi connectivity index (χ1v) is 9.04. The van der Waals surface area contributed by atoms with E-state index in [-0.39, 0.29) is 0 Å². The zero-order valence-corrected chi connectivity index (χ0v) is 15.8. The van der Waals surface area contributed by atoms with Gasteiger partial charge in [-0.05, 0) is 26.7 Å². The highest BCUT2D eigenvalue weighted by Gasteiger charge is 2.27. The van der Waals surface area contributed by atoms with Crippen molar-refractivity contribution in [1.29, 1.82) is 0 Å². The molecular formula is C17H21ClN8. The molecule has 1 aliphatic heterocycles. The van der Waals surface area contributed by atoms with Gasteiger partial charge in [0.1, 0.15) is 12.1 Å². The second-order valence-corrected chi connectivity index (χ2v) is 7.08. The van der Waals surface area contributed by atoms with Crippen molar-refractivity contribution in [2.75, 3.05) is 29.9 Å². The minimum Gasteiger partial charge on any atom is -0.356 e. The maximum Gasteiger partial charge on any atom is 0.254 e. The molecule has 9 heteroatoms. The lowest BCUT2D eigenvalue weighted by molar-refractivity contribution is 0.472. The molecule has 0 amide bonds. The summed E-state index contributed by atoms with van der Waals surface area (Å²) < 4.78 is 1.84. The van der Waals surface area contributed by atoms with Crippen LogP contribution in [-0.4, -0.2) is 55.7 Å². The van der Waals surface area contributed by atoms with E-state index < -0.39 is 0 Å². The highest BCUT2D eigenvalue weighted by Crippen LogP contribution is 2.27. The lowest BCUT2D eigenvalue weighted by Gasteiger charge is -2.38. The Kier molecular flexibility index (Phi) is 4.36. The first-order valence-electron chi connectivity index (χ1n) is 8.67. The average molecular weight is 373 g/mol. The van der Waals surface area contributed by atoms with Gasteiger partial charge in [-0.25, -0.2) is 15.0 Å². The Morgan fingerprint density at radius 2 is 1.81 bits per heavy atom. The van der Waals surface area contributed by atoms with Gasteiger partial charge in [0.25, 0.3) is 5.78 Å². The van der Waals surface area contributed by atoms with Crippen molar-refractivity contribution in [1.82, 2.24) is 29.5 Å². The Morgan fingerprint density at radius 1 is 1.12 bits per heavy atom. The van der Waals surface area contributed by atoms with Crippen LogP contribution in [0.5, 0.6) is 0 Å². The fourth-order valence-electron chi connectivity index (χ4n) is 3.50. The van der Waals surface area contributed by atoms with Crippen LogP contribution in [0.4, 0.5) is 11.8 Å².